The lowest BCUT2D eigenvalue weighted by Crippen LogP contribution is -2.72. The Morgan fingerprint density at radius 3 is 2.48 bits per heavy atom. The number of benzene rings is 2. The average molecular weight is 421 g/mol. The van der Waals surface area contributed by atoms with E-state index in [2.05, 4.69) is 35.2 Å². The molecule has 1 N–H and O–H groups in total. The lowest BCUT2D eigenvalue weighted by atomic mass is 9.73. The summed E-state index contributed by atoms with van der Waals surface area (Å²) in [7, 11) is 1.37. The first-order chi connectivity index (χ1) is 15.0. The summed E-state index contributed by atoms with van der Waals surface area (Å²) in [6.07, 6.45) is 4.06. The van der Waals surface area contributed by atoms with Crippen LogP contribution in [0.3, 0.4) is 0 Å². The van der Waals surface area contributed by atoms with Gasteiger partial charge >= 0.3 is 5.97 Å². The maximum absolute atomic E-state index is 12.8. The van der Waals surface area contributed by atoms with Gasteiger partial charge in [-0.2, -0.15) is 0 Å². The van der Waals surface area contributed by atoms with E-state index in [0.29, 0.717) is 18.7 Å². The molecule has 6 heteroatoms. The number of hydrogen-bond donors (Lipinski definition) is 1. The molecule has 2 saturated heterocycles. The Kier molecular flexibility index (Phi) is 6.20. The molecule has 2 aromatic rings. The maximum atomic E-state index is 12.8. The van der Waals surface area contributed by atoms with Gasteiger partial charge in [-0.3, -0.25) is 9.69 Å². The van der Waals surface area contributed by atoms with Crippen LogP contribution in [0.2, 0.25) is 0 Å². The molecule has 0 spiro atoms. The Hall–Kier alpha value is -2.96. The Labute approximate surface area is 182 Å². The number of fused-ring (bicyclic) bond motifs is 1. The molecule has 31 heavy (non-hydrogen) atoms. The number of hydrogen-bond acceptors (Lipinski definition) is 5. The van der Waals surface area contributed by atoms with Crippen molar-refractivity contribution >= 4 is 18.0 Å². The topological polar surface area (TPSA) is 70.1 Å². The van der Waals surface area contributed by atoms with Crippen molar-refractivity contribution in [2.45, 2.75) is 31.5 Å². The van der Waals surface area contributed by atoms with Crippen molar-refractivity contribution in [1.29, 1.82) is 0 Å². The Balaban J connectivity index is 1.48. The summed E-state index contributed by atoms with van der Waals surface area (Å²) in [6.45, 7) is 3.68. The second-order valence-corrected chi connectivity index (χ2v) is 8.17. The molecular weight excluding hydrogens is 392 g/mol. The van der Waals surface area contributed by atoms with Crippen LogP contribution >= 0.6 is 0 Å². The molecule has 0 aromatic heterocycles. The molecule has 0 aliphatic carbocycles. The summed E-state index contributed by atoms with van der Waals surface area (Å²) >= 11 is 0. The van der Waals surface area contributed by atoms with Crippen molar-refractivity contribution in [3.8, 4) is 0 Å². The van der Waals surface area contributed by atoms with Crippen molar-refractivity contribution in [2.24, 2.45) is 0 Å². The minimum absolute atomic E-state index is 0.0293. The second kappa shape index (κ2) is 9.04. The summed E-state index contributed by atoms with van der Waals surface area (Å²) in [5, 5.41) is 9.95. The zero-order chi connectivity index (χ0) is 22.0. The molecule has 3 atom stereocenters. The van der Waals surface area contributed by atoms with Gasteiger partial charge in [-0.15, -0.1) is 0 Å². The van der Waals surface area contributed by atoms with E-state index in [1.165, 1.54) is 7.11 Å². The molecule has 0 radical (unpaired) electrons. The lowest BCUT2D eigenvalue weighted by molar-refractivity contribution is -0.162. The number of allylic oxidation sites excluding steroid dienone is 1. The molecule has 4 rings (SSSR count). The summed E-state index contributed by atoms with van der Waals surface area (Å²) in [6, 6.07) is 15.6. The van der Waals surface area contributed by atoms with E-state index in [9.17, 15) is 14.7 Å². The lowest BCUT2D eigenvalue weighted by Gasteiger charge is -2.59. The molecule has 0 bridgehead atoms. The molecule has 2 aliphatic rings. The highest BCUT2D eigenvalue weighted by atomic mass is 16.5. The zero-order valence-corrected chi connectivity index (χ0v) is 17.9. The maximum Gasteiger partial charge on any atom is 0.337 e. The predicted octanol–water partition coefficient (Wildman–Crippen LogP) is 2.68. The number of aliphatic hydroxyl groups excluding tert-OH is 1. The van der Waals surface area contributed by atoms with Gasteiger partial charge in [0.2, 0.25) is 5.91 Å². The first kappa shape index (κ1) is 21.3. The number of piperazine rings is 1. The number of methoxy groups -OCH3 is 1. The highest BCUT2D eigenvalue weighted by Crippen LogP contribution is 2.43. The zero-order valence-electron chi connectivity index (χ0n) is 17.9. The van der Waals surface area contributed by atoms with Gasteiger partial charge in [0.25, 0.3) is 0 Å². The first-order valence-corrected chi connectivity index (χ1v) is 10.6. The van der Waals surface area contributed by atoms with E-state index in [4.69, 9.17) is 4.74 Å². The van der Waals surface area contributed by atoms with Crippen LogP contribution in [0.1, 0.15) is 39.9 Å². The average Bonchev–Trinajstić information content (AvgIpc) is 2.77. The minimum Gasteiger partial charge on any atom is -0.465 e. The van der Waals surface area contributed by atoms with E-state index >= 15 is 0 Å². The van der Waals surface area contributed by atoms with Crippen molar-refractivity contribution in [2.75, 3.05) is 26.8 Å². The SMILES string of the molecule is C/C=C/c1ccc([C@H]2[C@H]3CN(Cc4ccc(C(=O)OC)cc4)CC(=O)N3[C@H]2CO)cc1. The van der Waals surface area contributed by atoms with E-state index in [0.717, 1.165) is 23.2 Å². The third-order valence-corrected chi connectivity index (χ3v) is 6.28. The molecule has 2 fully saturated rings. The summed E-state index contributed by atoms with van der Waals surface area (Å²) in [5.41, 5.74) is 3.85. The molecule has 0 saturated carbocycles. The number of esters is 1. The Morgan fingerprint density at radius 2 is 1.87 bits per heavy atom. The van der Waals surface area contributed by atoms with Crippen LogP contribution in [0.15, 0.2) is 54.6 Å². The molecule has 2 aromatic carbocycles. The van der Waals surface area contributed by atoms with E-state index in [1.54, 1.807) is 12.1 Å². The molecular formula is C25H28N2O4. The number of amides is 1. The van der Waals surface area contributed by atoms with Gasteiger partial charge in [-0.05, 0) is 35.7 Å². The number of ether oxygens (including phenoxy) is 1. The summed E-state index contributed by atoms with van der Waals surface area (Å²) < 4.78 is 4.75. The standard InChI is InChI=1S/C25H28N2O4/c1-3-4-17-5-9-19(10-6-17)24-21-14-26(15-23(29)27(21)22(24)16-28)13-18-7-11-20(12-8-18)25(30)31-2/h3-12,21-22,24,28H,13-16H2,1-2H3/b4-3+/t21-,22+,24+/m1/s1. The number of carbonyl (C=O) groups is 2. The van der Waals surface area contributed by atoms with Crippen LogP contribution in [0, 0.1) is 0 Å². The third-order valence-electron chi connectivity index (χ3n) is 6.28. The van der Waals surface area contributed by atoms with Crippen molar-refractivity contribution in [1.82, 2.24) is 9.80 Å². The highest BCUT2D eigenvalue weighted by Gasteiger charge is 2.53. The number of aliphatic hydroxyl groups is 1. The second-order valence-electron chi connectivity index (χ2n) is 8.17. The predicted molar refractivity (Wildman–Crippen MR) is 118 cm³/mol. The Morgan fingerprint density at radius 1 is 1.16 bits per heavy atom. The monoisotopic (exact) mass is 420 g/mol. The first-order valence-electron chi connectivity index (χ1n) is 10.6. The van der Waals surface area contributed by atoms with Crippen LogP contribution in [0.25, 0.3) is 6.08 Å². The van der Waals surface area contributed by atoms with Gasteiger partial charge < -0.3 is 14.7 Å². The fraction of sp³-hybridized carbons (Fsp3) is 0.360. The van der Waals surface area contributed by atoms with Crippen molar-refractivity contribution in [3.63, 3.8) is 0 Å². The van der Waals surface area contributed by atoms with Crippen LogP contribution in [-0.4, -0.2) is 65.7 Å². The highest BCUT2D eigenvalue weighted by molar-refractivity contribution is 5.89. The fourth-order valence-electron chi connectivity index (χ4n) is 4.83. The fourth-order valence-corrected chi connectivity index (χ4v) is 4.83. The molecule has 6 nitrogen and oxygen atoms in total. The largest absolute Gasteiger partial charge is 0.465 e. The van der Waals surface area contributed by atoms with Crippen LogP contribution in [0.4, 0.5) is 0 Å². The number of carbonyl (C=O) groups excluding carboxylic acids is 2. The molecule has 162 valence electrons. The van der Waals surface area contributed by atoms with Gasteiger partial charge in [0.05, 0.1) is 37.9 Å². The van der Waals surface area contributed by atoms with E-state index in [-0.39, 0.29) is 36.5 Å². The summed E-state index contributed by atoms with van der Waals surface area (Å²) in [5.74, 6) is -0.176. The van der Waals surface area contributed by atoms with Gasteiger partial charge in [0.15, 0.2) is 0 Å². The quantitative estimate of drug-likeness (QED) is 0.728. The minimum atomic E-state index is -0.358. The van der Waals surface area contributed by atoms with Crippen LogP contribution < -0.4 is 0 Å². The molecule has 0 unspecified atom stereocenters. The van der Waals surface area contributed by atoms with E-state index in [1.807, 2.05) is 30.0 Å². The Bertz CT molecular complexity index is 968. The normalized spacial score (nSPS) is 23.5. The van der Waals surface area contributed by atoms with E-state index < -0.39 is 0 Å². The van der Waals surface area contributed by atoms with Gasteiger partial charge in [0.1, 0.15) is 0 Å². The smallest absolute Gasteiger partial charge is 0.337 e. The molecule has 1 amide bonds. The van der Waals surface area contributed by atoms with Crippen molar-refractivity contribution in [3.05, 3.63) is 76.9 Å². The molecule has 2 heterocycles. The number of rotatable bonds is 6. The van der Waals surface area contributed by atoms with Crippen LogP contribution in [0.5, 0.6) is 0 Å². The van der Waals surface area contributed by atoms with Gasteiger partial charge in [-0.25, -0.2) is 4.79 Å². The summed E-state index contributed by atoms with van der Waals surface area (Å²) in [4.78, 5) is 28.5. The van der Waals surface area contributed by atoms with Crippen molar-refractivity contribution < 1.29 is 19.4 Å². The molecule has 2 aliphatic heterocycles. The number of nitrogens with zero attached hydrogens (tertiary/aromatic N) is 2. The van der Waals surface area contributed by atoms with Crippen LogP contribution in [-0.2, 0) is 16.1 Å². The van der Waals surface area contributed by atoms with Gasteiger partial charge in [0, 0.05) is 19.0 Å². The van der Waals surface area contributed by atoms with Gasteiger partial charge in [-0.1, -0.05) is 48.6 Å². The third kappa shape index (κ3) is 4.13.